The minimum Gasteiger partial charge on any atom is -0.494 e. The molecule has 0 bridgehead atoms. The summed E-state index contributed by atoms with van der Waals surface area (Å²) in [6.45, 7) is 2.50. The number of ketones is 1. The molecule has 0 amide bonds. The second-order valence-corrected chi connectivity index (χ2v) is 4.71. The molecule has 0 aliphatic rings. The fourth-order valence-corrected chi connectivity index (χ4v) is 2.26. The van der Waals surface area contributed by atoms with E-state index in [9.17, 15) is 4.79 Å². The van der Waals surface area contributed by atoms with Gasteiger partial charge >= 0.3 is 0 Å². The molecule has 1 heterocycles. The van der Waals surface area contributed by atoms with Crippen LogP contribution in [0.5, 0.6) is 5.75 Å². The van der Waals surface area contributed by atoms with E-state index >= 15 is 0 Å². The van der Waals surface area contributed by atoms with E-state index in [1.54, 1.807) is 18.3 Å². The topological polar surface area (TPSA) is 39.2 Å². The Bertz CT molecular complexity index is 796. The maximum atomic E-state index is 12.6. The van der Waals surface area contributed by atoms with E-state index in [1.165, 1.54) is 0 Å². The van der Waals surface area contributed by atoms with Crippen molar-refractivity contribution in [2.45, 2.75) is 6.92 Å². The highest BCUT2D eigenvalue weighted by Gasteiger charge is 2.11. The molecule has 3 heteroatoms. The lowest BCUT2D eigenvalue weighted by atomic mass is 10.0. The van der Waals surface area contributed by atoms with Gasteiger partial charge in [0.2, 0.25) is 0 Å². The van der Waals surface area contributed by atoms with Gasteiger partial charge in [0.15, 0.2) is 5.78 Å². The highest BCUT2D eigenvalue weighted by atomic mass is 16.5. The van der Waals surface area contributed by atoms with Gasteiger partial charge in [0, 0.05) is 22.7 Å². The number of fused-ring (bicyclic) bond motifs is 1. The van der Waals surface area contributed by atoms with Crippen molar-refractivity contribution in [2.24, 2.45) is 0 Å². The van der Waals surface area contributed by atoms with Crippen LogP contribution < -0.4 is 4.74 Å². The summed E-state index contributed by atoms with van der Waals surface area (Å²) >= 11 is 0. The number of benzene rings is 2. The van der Waals surface area contributed by atoms with Gasteiger partial charge in [-0.1, -0.05) is 30.3 Å². The zero-order chi connectivity index (χ0) is 14.7. The average Bonchev–Trinajstić information content (AvgIpc) is 2.54. The molecule has 2 aromatic carbocycles. The molecule has 0 N–H and O–H groups in total. The molecule has 3 rings (SSSR count). The number of hydrogen-bond acceptors (Lipinski definition) is 3. The van der Waals surface area contributed by atoms with E-state index in [2.05, 4.69) is 4.98 Å². The third-order valence-corrected chi connectivity index (χ3v) is 3.26. The number of nitrogens with zero attached hydrogens (tertiary/aromatic N) is 1. The summed E-state index contributed by atoms with van der Waals surface area (Å²) in [6, 6.07) is 16.9. The maximum Gasteiger partial charge on any atom is 0.194 e. The normalized spacial score (nSPS) is 10.5. The smallest absolute Gasteiger partial charge is 0.194 e. The second kappa shape index (κ2) is 5.75. The van der Waals surface area contributed by atoms with Gasteiger partial charge < -0.3 is 4.74 Å². The molecule has 0 radical (unpaired) electrons. The number of carbonyl (C=O) groups excluding carboxylic acids is 1. The summed E-state index contributed by atoms with van der Waals surface area (Å²) in [7, 11) is 0. The van der Waals surface area contributed by atoms with Crippen molar-refractivity contribution in [2.75, 3.05) is 6.61 Å². The lowest BCUT2D eigenvalue weighted by Gasteiger charge is -2.06. The van der Waals surface area contributed by atoms with Crippen LogP contribution in [0.4, 0.5) is 0 Å². The molecule has 104 valence electrons. The fraction of sp³-hybridized carbons (Fsp3) is 0.111. The van der Waals surface area contributed by atoms with Crippen LogP contribution in [-0.4, -0.2) is 17.4 Å². The molecule has 0 atom stereocenters. The molecular formula is C18H15NO2. The first kappa shape index (κ1) is 13.3. The van der Waals surface area contributed by atoms with Crippen molar-refractivity contribution in [1.82, 2.24) is 4.98 Å². The number of ether oxygens (including phenoxy) is 1. The minimum atomic E-state index is -0.0465. The van der Waals surface area contributed by atoms with Gasteiger partial charge in [0.05, 0.1) is 12.1 Å². The molecule has 3 aromatic rings. The molecule has 0 aliphatic carbocycles. The number of carbonyl (C=O) groups is 1. The minimum absolute atomic E-state index is 0.0465. The fourth-order valence-electron chi connectivity index (χ4n) is 2.26. The number of hydrogen-bond donors (Lipinski definition) is 0. The molecular weight excluding hydrogens is 262 g/mol. The van der Waals surface area contributed by atoms with Crippen molar-refractivity contribution in [3.63, 3.8) is 0 Å². The number of para-hydroxylation sites is 1. The number of aromatic nitrogens is 1. The van der Waals surface area contributed by atoms with E-state index in [0.717, 1.165) is 10.9 Å². The lowest BCUT2D eigenvalue weighted by molar-refractivity contribution is 0.103. The first-order valence-corrected chi connectivity index (χ1v) is 6.90. The molecule has 0 saturated carbocycles. The predicted octanol–water partition coefficient (Wildman–Crippen LogP) is 3.86. The molecule has 0 spiro atoms. The third kappa shape index (κ3) is 2.77. The summed E-state index contributed by atoms with van der Waals surface area (Å²) in [5.74, 6) is 0.659. The zero-order valence-corrected chi connectivity index (χ0v) is 11.7. The Morgan fingerprint density at radius 3 is 2.76 bits per heavy atom. The van der Waals surface area contributed by atoms with Gasteiger partial charge in [-0.2, -0.15) is 0 Å². The lowest BCUT2D eigenvalue weighted by Crippen LogP contribution is -2.03. The monoisotopic (exact) mass is 277 g/mol. The van der Waals surface area contributed by atoms with Crippen LogP contribution in [0.1, 0.15) is 22.8 Å². The molecule has 0 aliphatic heterocycles. The van der Waals surface area contributed by atoms with Crippen LogP contribution in [0.25, 0.3) is 10.9 Å². The summed E-state index contributed by atoms with van der Waals surface area (Å²) in [4.78, 5) is 16.9. The number of rotatable bonds is 4. The quantitative estimate of drug-likeness (QED) is 0.680. The van der Waals surface area contributed by atoms with Crippen LogP contribution in [-0.2, 0) is 0 Å². The SMILES string of the molecule is CCOc1cccc(C(=O)c2cnc3ccccc3c2)c1. The van der Waals surface area contributed by atoms with Gasteiger partial charge in [-0.3, -0.25) is 9.78 Å². The van der Waals surface area contributed by atoms with Gasteiger partial charge in [0.25, 0.3) is 0 Å². The van der Waals surface area contributed by atoms with Crippen LogP contribution in [0.2, 0.25) is 0 Å². The zero-order valence-electron chi connectivity index (χ0n) is 11.7. The van der Waals surface area contributed by atoms with E-state index in [1.807, 2.05) is 49.4 Å². The van der Waals surface area contributed by atoms with Crippen molar-refractivity contribution < 1.29 is 9.53 Å². The maximum absolute atomic E-state index is 12.6. The molecule has 1 aromatic heterocycles. The molecule has 0 unspecified atom stereocenters. The Labute approximate surface area is 123 Å². The Balaban J connectivity index is 1.97. The first-order valence-electron chi connectivity index (χ1n) is 6.90. The Kier molecular flexibility index (Phi) is 3.65. The van der Waals surface area contributed by atoms with E-state index in [0.29, 0.717) is 23.5 Å². The molecule has 3 nitrogen and oxygen atoms in total. The Morgan fingerprint density at radius 2 is 1.90 bits per heavy atom. The van der Waals surface area contributed by atoms with Gasteiger partial charge in [-0.05, 0) is 31.2 Å². The summed E-state index contributed by atoms with van der Waals surface area (Å²) in [5.41, 5.74) is 2.08. The summed E-state index contributed by atoms with van der Waals surface area (Å²) < 4.78 is 5.43. The molecule has 0 fully saturated rings. The van der Waals surface area contributed by atoms with Crippen LogP contribution in [0.3, 0.4) is 0 Å². The van der Waals surface area contributed by atoms with Crippen LogP contribution in [0, 0.1) is 0 Å². The van der Waals surface area contributed by atoms with Crippen LogP contribution >= 0.6 is 0 Å². The highest BCUT2D eigenvalue weighted by molar-refractivity contribution is 6.10. The van der Waals surface area contributed by atoms with Gasteiger partial charge in [-0.15, -0.1) is 0 Å². The van der Waals surface area contributed by atoms with Crippen molar-refractivity contribution in [3.05, 3.63) is 71.9 Å². The summed E-state index contributed by atoms with van der Waals surface area (Å²) in [5, 5.41) is 0.962. The Hall–Kier alpha value is -2.68. The molecule has 0 saturated heterocycles. The van der Waals surface area contributed by atoms with Crippen molar-refractivity contribution in [1.29, 1.82) is 0 Å². The largest absolute Gasteiger partial charge is 0.494 e. The second-order valence-electron chi connectivity index (χ2n) is 4.71. The standard InChI is InChI=1S/C18H15NO2/c1-2-21-16-8-5-7-14(11-16)18(20)15-10-13-6-3-4-9-17(13)19-12-15/h3-12H,2H2,1H3. The van der Waals surface area contributed by atoms with E-state index in [4.69, 9.17) is 4.74 Å². The predicted molar refractivity (Wildman–Crippen MR) is 82.8 cm³/mol. The first-order chi connectivity index (χ1) is 10.3. The third-order valence-electron chi connectivity index (χ3n) is 3.26. The Morgan fingerprint density at radius 1 is 1.05 bits per heavy atom. The number of pyridine rings is 1. The molecule has 21 heavy (non-hydrogen) atoms. The highest BCUT2D eigenvalue weighted by Crippen LogP contribution is 2.19. The van der Waals surface area contributed by atoms with Crippen LogP contribution in [0.15, 0.2) is 60.8 Å². The van der Waals surface area contributed by atoms with Crippen molar-refractivity contribution >= 4 is 16.7 Å². The van der Waals surface area contributed by atoms with Gasteiger partial charge in [-0.25, -0.2) is 0 Å². The van der Waals surface area contributed by atoms with E-state index < -0.39 is 0 Å². The van der Waals surface area contributed by atoms with Gasteiger partial charge in [0.1, 0.15) is 5.75 Å². The summed E-state index contributed by atoms with van der Waals surface area (Å²) in [6.07, 6.45) is 1.62. The van der Waals surface area contributed by atoms with E-state index in [-0.39, 0.29) is 5.78 Å². The average molecular weight is 277 g/mol. The van der Waals surface area contributed by atoms with Crippen molar-refractivity contribution in [3.8, 4) is 5.75 Å².